The molecule has 23 heavy (non-hydrogen) atoms. The van der Waals surface area contributed by atoms with E-state index in [1.165, 1.54) is 0 Å². The van der Waals surface area contributed by atoms with E-state index in [2.05, 4.69) is 26.9 Å². The summed E-state index contributed by atoms with van der Waals surface area (Å²) in [5.41, 5.74) is 5.49. The van der Waals surface area contributed by atoms with E-state index in [9.17, 15) is 14.4 Å². The Bertz CT molecular complexity index is 456. The van der Waals surface area contributed by atoms with Crippen LogP contribution in [0.25, 0.3) is 0 Å². The third-order valence-corrected chi connectivity index (χ3v) is 4.94. The van der Waals surface area contributed by atoms with Gasteiger partial charge in [-0.25, -0.2) is 0 Å². The van der Waals surface area contributed by atoms with E-state index in [-0.39, 0.29) is 22.6 Å². The Hall–Kier alpha value is -1.10. The molecule has 1 aliphatic heterocycles. The highest BCUT2D eigenvalue weighted by Gasteiger charge is 2.36. The van der Waals surface area contributed by atoms with E-state index >= 15 is 0 Å². The number of amides is 3. The molecule has 1 heterocycles. The molecule has 8 heteroatoms. The molecule has 0 aromatic rings. The maximum atomic E-state index is 12.5. The molecule has 1 rings (SSSR count). The summed E-state index contributed by atoms with van der Waals surface area (Å²) < 4.78 is 0. The monoisotopic (exact) mass is 338 g/mol. The fourth-order valence-electron chi connectivity index (χ4n) is 2.39. The van der Waals surface area contributed by atoms with Crippen molar-refractivity contribution in [3.05, 3.63) is 0 Å². The lowest BCUT2D eigenvalue weighted by Crippen LogP contribution is -2.55. The summed E-state index contributed by atoms with van der Waals surface area (Å²) in [6, 6.07) is -1.84. The van der Waals surface area contributed by atoms with Crippen LogP contribution in [-0.2, 0) is 14.4 Å². The van der Waals surface area contributed by atoms with Crippen LogP contribution in [0, 0.1) is 5.92 Å². The van der Waals surface area contributed by atoms with Crippen molar-refractivity contribution in [1.82, 2.24) is 15.5 Å². The minimum Gasteiger partial charge on any atom is -0.367 e. The van der Waals surface area contributed by atoms with Gasteiger partial charge in [0.15, 0.2) is 16.3 Å². The number of rotatable bonds is 6. The second kappa shape index (κ2) is 8.67. The SMILES string of the molecule is CC(C)[C@@H]([Al])NC(=O)[C@@H]1CCCN1C(=O)[C@H](C)NC(=O)[C@H](C)N. The van der Waals surface area contributed by atoms with Crippen molar-refractivity contribution in [3.8, 4) is 0 Å². The van der Waals surface area contributed by atoms with Crippen molar-refractivity contribution < 1.29 is 14.4 Å². The van der Waals surface area contributed by atoms with Crippen molar-refractivity contribution in [2.75, 3.05) is 6.54 Å². The van der Waals surface area contributed by atoms with Gasteiger partial charge in [-0.1, -0.05) is 13.8 Å². The van der Waals surface area contributed by atoms with Crippen molar-refractivity contribution in [3.63, 3.8) is 0 Å². The Morgan fingerprint density at radius 2 is 1.78 bits per heavy atom. The molecule has 2 radical (unpaired) electrons. The van der Waals surface area contributed by atoms with E-state index in [0.29, 0.717) is 18.9 Å². The molecule has 0 bridgehead atoms. The third kappa shape index (κ3) is 5.48. The maximum absolute atomic E-state index is 12.5. The predicted molar refractivity (Wildman–Crippen MR) is 88.5 cm³/mol. The first-order chi connectivity index (χ1) is 10.6. The molecule has 1 saturated heterocycles. The van der Waals surface area contributed by atoms with Crippen molar-refractivity contribution in [2.24, 2.45) is 11.7 Å². The topological polar surface area (TPSA) is 105 Å². The fraction of sp³-hybridized carbons (Fsp3) is 0.800. The number of carbonyl (C=O) groups is 3. The van der Waals surface area contributed by atoms with Crippen molar-refractivity contribution in [2.45, 2.75) is 63.6 Å². The van der Waals surface area contributed by atoms with Crippen LogP contribution in [0.4, 0.5) is 0 Å². The smallest absolute Gasteiger partial charge is 0.245 e. The molecule has 4 N–H and O–H groups in total. The lowest BCUT2D eigenvalue weighted by molar-refractivity contribution is -0.141. The fourth-order valence-corrected chi connectivity index (χ4v) is 2.55. The van der Waals surface area contributed by atoms with Gasteiger partial charge in [-0.2, -0.15) is 0 Å². The summed E-state index contributed by atoms with van der Waals surface area (Å²) in [4.78, 5) is 38.1. The molecule has 0 aromatic carbocycles. The summed E-state index contributed by atoms with van der Waals surface area (Å²) in [6.45, 7) is 7.73. The second-order valence-electron chi connectivity index (χ2n) is 6.49. The molecule has 3 amide bonds. The number of hydrogen-bond donors (Lipinski definition) is 3. The quantitative estimate of drug-likeness (QED) is 0.546. The second-order valence-corrected chi connectivity index (χ2v) is 7.21. The van der Waals surface area contributed by atoms with Crippen LogP contribution in [0.3, 0.4) is 0 Å². The lowest BCUT2D eigenvalue weighted by Gasteiger charge is -2.29. The normalized spacial score (nSPS) is 21.7. The maximum Gasteiger partial charge on any atom is 0.245 e. The van der Waals surface area contributed by atoms with Gasteiger partial charge >= 0.3 is 0 Å². The van der Waals surface area contributed by atoms with Gasteiger partial charge in [0, 0.05) is 6.54 Å². The Labute approximate surface area is 146 Å². The van der Waals surface area contributed by atoms with Gasteiger partial charge in [0.05, 0.1) is 6.04 Å². The largest absolute Gasteiger partial charge is 0.367 e. The number of hydrogen-bond acceptors (Lipinski definition) is 4. The minimum atomic E-state index is -0.696. The summed E-state index contributed by atoms with van der Waals surface area (Å²) in [7, 11) is 0. The highest BCUT2D eigenvalue weighted by molar-refractivity contribution is 6.13. The molecule has 1 aliphatic rings. The van der Waals surface area contributed by atoms with E-state index in [4.69, 9.17) is 5.73 Å². The molecule has 128 valence electrons. The van der Waals surface area contributed by atoms with E-state index in [1.54, 1.807) is 18.7 Å². The molecule has 4 atom stereocenters. The molecule has 0 saturated carbocycles. The molecule has 0 unspecified atom stereocenters. The Morgan fingerprint density at radius 1 is 1.17 bits per heavy atom. The van der Waals surface area contributed by atoms with E-state index in [1.807, 2.05) is 13.8 Å². The van der Waals surface area contributed by atoms with Crippen LogP contribution in [-0.4, -0.2) is 68.5 Å². The number of nitrogens with zero attached hydrogens (tertiary/aromatic N) is 1. The van der Waals surface area contributed by atoms with Crippen LogP contribution >= 0.6 is 0 Å². The molecule has 1 fully saturated rings. The zero-order chi connectivity index (χ0) is 17.7. The summed E-state index contributed by atoms with van der Waals surface area (Å²) in [6.07, 6.45) is 1.42. The van der Waals surface area contributed by atoms with E-state index in [0.717, 1.165) is 6.42 Å². The highest BCUT2D eigenvalue weighted by atomic mass is 27.0. The van der Waals surface area contributed by atoms with Crippen molar-refractivity contribution in [1.29, 1.82) is 0 Å². The zero-order valence-electron chi connectivity index (χ0n) is 14.3. The average Bonchev–Trinajstić information content (AvgIpc) is 2.95. The third-order valence-electron chi connectivity index (χ3n) is 4.01. The number of carbonyl (C=O) groups excluding carboxylic acids is 3. The first-order valence-corrected chi connectivity index (χ1v) is 8.74. The molecular formula is C15H27AlN4O3. The Kier molecular flexibility index (Phi) is 7.52. The minimum absolute atomic E-state index is 0.0322. The average molecular weight is 338 g/mol. The van der Waals surface area contributed by atoms with E-state index < -0.39 is 18.1 Å². The Morgan fingerprint density at radius 3 is 2.30 bits per heavy atom. The summed E-state index contributed by atoms with van der Waals surface area (Å²) in [5.74, 6) is -0.480. The van der Waals surface area contributed by atoms with Gasteiger partial charge in [-0.3, -0.25) is 14.4 Å². The molecule has 0 aliphatic carbocycles. The zero-order valence-corrected chi connectivity index (χ0v) is 15.5. The summed E-state index contributed by atoms with van der Waals surface area (Å²) >= 11 is 2.60. The molecular weight excluding hydrogens is 311 g/mol. The molecule has 7 nitrogen and oxygen atoms in total. The van der Waals surface area contributed by atoms with Gasteiger partial charge < -0.3 is 21.3 Å². The predicted octanol–water partition coefficient (Wildman–Crippen LogP) is -0.904. The van der Waals surface area contributed by atoms with Crippen LogP contribution in [0.2, 0.25) is 0 Å². The van der Waals surface area contributed by atoms with Gasteiger partial charge in [-0.05, 0) is 37.5 Å². The molecule has 0 spiro atoms. The highest BCUT2D eigenvalue weighted by Crippen LogP contribution is 2.19. The first-order valence-electron chi connectivity index (χ1n) is 8.07. The number of nitrogens with two attached hydrogens (primary N) is 1. The summed E-state index contributed by atoms with van der Waals surface area (Å²) in [5, 5.41) is 5.51. The van der Waals surface area contributed by atoms with Crippen LogP contribution in [0.5, 0.6) is 0 Å². The van der Waals surface area contributed by atoms with Crippen LogP contribution in [0.15, 0.2) is 0 Å². The van der Waals surface area contributed by atoms with Gasteiger partial charge in [0.2, 0.25) is 17.7 Å². The van der Waals surface area contributed by atoms with Gasteiger partial charge in [0.25, 0.3) is 0 Å². The first kappa shape index (κ1) is 19.9. The van der Waals surface area contributed by atoms with Crippen LogP contribution in [0.1, 0.15) is 40.5 Å². The van der Waals surface area contributed by atoms with Gasteiger partial charge in [0.1, 0.15) is 12.1 Å². The standard InChI is InChI=1S/C15H27N4O3.Al/c1-9(2)8-17-14(21)12-6-5-7-19(12)15(22)11(4)18-13(20)10(3)16;/h8-12H,5-7,16H2,1-4H3,(H,17,21)(H,18,20);/t10-,11-,12-;/m0./s1. The Balaban J connectivity index is 2.68. The number of nitrogens with one attached hydrogen (secondary N) is 2. The van der Waals surface area contributed by atoms with Crippen LogP contribution < -0.4 is 16.4 Å². The lowest BCUT2D eigenvalue weighted by atomic mass is 10.1. The van der Waals surface area contributed by atoms with Crippen molar-refractivity contribution >= 4 is 34.0 Å². The van der Waals surface area contributed by atoms with Gasteiger partial charge in [-0.15, -0.1) is 0 Å². The molecule has 0 aromatic heterocycles. The number of likely N-dealkylation sites (tertiary alicyclic amines) is 1.